The molecule has 0 aromatic heterocycles. The summed E-state index contributed by atoms with van der Waals surface area (Å²) in [6, 6.07) is 11.8. The number of amides is 2. The maximum absolute atomic E-state index is 12.0. The zero-order valence-electron chi connectivity index (χ0n) is 10.8. The van der Waals surface area contributed by atoms with Gasteiger partial charge < -0.3 is 11.1 Å². The van der Waals surface area contributed by atoms with Gasteiger partial charge in [-0.25, -0.2) is 0 Å². The second-order valence-corrected chi connectivity index (χ2v) is 4.79. The minimum absolute atomic E-state index is 0.174. The van der Waals surface area contributed by atoms with Crippen molar-refractivity contribution in [1.82, 2.24) is 0 Å². The molecule has 0 fully saturated rings. The topological polar surface area (TPSA) is 72.2 Å². The van der Waals surface area contributed by atoms with Gasteiger partial charge in [-0.1, -0.05) is 29.3 Å². The Hall–Kier alpha value is -2.33. The lowest BCUT2D eigenvalue weighted by Crippen LogP contribution is -2.15. The van der Waals surface area contributed by atoms with Crippen LogP contribution in [0.1, 0.15) is 26.3 Å². The molecule has 2 amide bonds. The van der Waals surface area contributed by atoms with Gasteiger partial charge in [-0.2, -0.15) is 0 Å². The standard InChI is InChI=1S/C15H13ClN2O2/c1-9-2-4-10(5-3-9)15(20)18-11-6-7-13(16)12(8-11)14(17)19/h2-8H,1H3,(H2,17,19)(H,18,20). The number of nitrogens with one attached hydrogen (secondary N) is 1. The molecule has 0 saturated heterocycles. The van der Waals surface area contributed by atoms with Gasteiger partial charge in [-0.3, -0.25) is 9.59 Å². The van der Waals surface area contributed by atoms with Crippen LogP contribution in [0.3, 0.4) is 0 Å². The molecule has 0 saturated carbocycles. The molecule has 102 valence electrons. The SMILES string of the molecule is Cc1ccc(C(=O)Nc2ccc(Cl)c(C(N)=O)c2)cc1. The molecule has 2 aromatic rings. The monoisotopic (exact) mass is 288 g/mol. The molecule has 0 bridgehead atoms. The molecule has 3 N–H and O–H groups in total. The third-order valence-electron chi connectivity index (χ3n) is 2.80. The predicted octanol–water partition coefficient (Wildman–Crippen LogP) is 3.00. The van der Waals surface area contributed by atoms with Crippen molar-refractivity contribution in [3.63, 3.8) is 0 Å². The highest BCUT2D eigenvalue weighted by atomic mass is 35.5. The molecule has 0 radical (unpaired) electrons. The summed E-state index contributed by atoms with van der Waals surface area (Å²) in [6.07, 6.45) is 0. The number of hydrogen-bond acceptors (Lipinski definition) is 2. The van der Waals surface area contributed by atoms with Crippen molar-refractivity contribution in [3.05, 3.63) is 64.2 Å². The van der Waals surface area contributed by atoms with Crippen molar-refractivity contribution in [3.8, 4) is 0 Å². The molecule has 20 heavy (non-hydrogen) atoms. The van der Waals surface area contributed by atoms with Gasteiger partial charge in [0.2, 0.25) is 5.91 Å². The van der Waals surface area contributed by atoms with Crippen molar-refractivity contribution in [2.75, 3.05) is 5.32 Å². The van der Waals surface area contributed by atoms with Gasteiger partial charge in [-0.05, 0) is 37.3 Å². The summed E-state index contributed by atoms with van der Waals surface area (Å²) in [6.45, 7) is 1.94. The molecule has 2 aromatic carbocycles. The zero-order chi connectivity index (χ0) is 14.7. The fourth-order valence-electron chi connectivity index (χ4n) is 1.70. The predicted molar refractivity (Wildman–Crippen MR) is 79.1 cm³/mol. The van der Waals surface area contributed by atoms with Crippen LogP contribution < -0.4 is 11.1 Å². The molecule has 5 heteroatoms. The van der Waals surface area contributed by atoms with E-state index in [1.807, 2.05) is 19.1 Å². The van der Waals surface area contributed by atoms with E-state index >= 15 is 0 Å². The number of anilines is 1. The zero-order valence-corrected chi connectivity index (χ0v) is 11.6. The van der Waals surface area contributed by atoms with Crippen molar-refractivity contribution >= 4 is 29.1 Å². The number of benzene rings is 2. The van der Waals surface area contributed by atoms with Crippen molar-refractivity contribution in [2.24, 2.45) is 5.73 Å². The Bertz CT molecular complexity index is 666. The largest absolute Gasteiger partial charge is 0.366 e. The molecule has 0 aliphatic carbocycles. The van der Waals surface area contributed by atoms with Crippen LogP contribution in [-0.4, -0.2) is 11.8 Å². The minimum atomic E-state index is -0.638. The van der Waals surface area contributed by atoms with E-state index in [1.165, 1.54) is 12.1 Å². The van der Waals surface area contributed by atoms with Gasteiger partial charge in [0.25, 0.3) is 5.91 Å². The van der Waals surface area contributed by atoms with Gasteiger partial charge in [-0.15, -0.1) is 0 Å². The van der Waals surface area contributed by atoms with E-state index in [0.29, 0.717) is 11.3 Å². The molecular formula is C15H13ClN2O2. The number of carbonyl (C=O) groups is 2. The summed E-state index contributed by atoms with van der Waals surface area (Å²) >= 11 is 5.85. The van der Waals surface area contributed by atoms with Crippen molar-refractivity contribution < 1.29 is 9.59 Å². The van der Waals surface area contributed by atoms with Gasteiger partial charge in [0.15, 0.2) is 0 Å². The summed E-state index contributed by atoms with van der Waals surface area (Å²) in [5.74, 6) is -0.899. The highest BCUT2D eigenvalue weighted by Crippen LogP contribution is 2.20. The molecule has 0 heterocycles. The quantitative estimate of drug-likeness (QED) is 0.911. The van der Waals surface area contributed by atoms with E-state index < -0.39 is 5.91 Å². The van der Waals surface area contributed by atoms with Crippen molar-refractivity contribution in [1.29, 1.82) is 0 Å². The Morgan fingerprint density at radius 1 is 1.10 bits per heavy atom. The number of hydrogen-bond donors (Lipinski definition) is 2. The lowest BCUT2D eigenvalue weighted by Gasteiger charge is -2.07. The lowest BCUT2D eigenvalue weighted by atomic mass is 10.1. The molecule has 4 nitrogen and oxygen atoms in total. The molecule has 0 spiro atoms. The highest BCUT2D eigenvalue weighted by molar-refractivity contribution is 6.34. The number of nitrogens with two attached hydrogens (primary N) is 1. The fourth-order valence-corrected chi connectivity index (χ4v) is 1.91. The number of halogens is 1. The van der Waals surface area contributed by atoms with Crippen LogP contribution in [0.25, 0.3) is 0 Å². The normalized spacial score (nSPS) is 10.1. The summed E-state index contributed by atoms with van der Waals surface area (Å²) in [5, 5.41) is 2.95. The van der Waals surface area contributed by atoms with Crippen LogP contribution in [0.15, 0.2) is 42.5 Å². The Labute approximate surface area is 121 Å². The second kappa shape index (κ2) is 5.75. The fraction of sp³-hybridized carbons (Fsp3) is 0.0667. The molecule has 0 aliphatic heterocycles. The van der Waals surface area contributed by atoms with Gasteiger partial charge in [0, 0.05) is 11.3 Å². The van der Waals surface area contributed by atoms with E-state index in [-0.39, 0.29) is 16.5 Å². The maximum atomic E-state index is 12.0. The summed E-state index contributed by atoms with van der Waals surface area (Å²) < 4.78 is 0. The first kappa shape index (κ1) is 14.1. The number of rotatable bonds is 3. The Kier molecular flexibility index (Phi) is 4.05. The average Bonchev–Trinajstić information content (AvgIpc) is 2.41. The molecule has 2 rings (SSSR count). The van der Waals surface area contributed by atoms with Gasteiger partial charge in [0.05, 0.1) is 10.6 Å². The van der Waals surface area contributed by atoms with E-state index in [2.05, 4.69) is 5.32 Å². The van der Waals surface area contributed by atoms with Crippen LogP contribution in [0, 0.1) is 6.92 Å². The molecule has 0 unspecified atom stereocenters. The molecular weight excluding hydrogens is 276 g/mol. The van der Waals surface area contributed by atoms with Crippen LogP contribution >= 0.6 is 11.6 Å². The molecule has 0 atom stereocenters. The number of aryl methyl sites for hydroxylation is 1. The highest BCUT2D eigenvalue weighted by Gasteiger charge is 2.10. The minimum Gasteiger partial charge on any atom is -0.366 e. The van der Waals surface area contributed by atoms with Crippen LogP contribution in [-0.2, 0) is 0 Å². The summed E-state index contributed by atoms with van der Waals surface area (Å²) in [4.78, 5) is 23.2. The van der Waals surface area contributed by atoms with Crippen LogP contribution in [0.5, 0.6) is 0 Å². The first-order valence-corrected chi connectivity index (χ1v) is 6.32. The van der Waals surface area contributed by atoms with E-state index in [1.54, 1.807) is 18.2 Å². The van der Waals surface area contributed by atoms with Gasteiger partial charge in [0.1, 0.15) is 0 Å². The summed E-state index contributed by atoms with van der Waals surface area (Å²) in [5.41, 5.74) is 7.45. The second-order valence-electron chi connectivity index (χ2n) is 4.38. The Balaban J connectivity index is 2.21. The summed E-state index contributed by atoms with van der Waals surface area (Å²) in [7, 11) is 0. The maximum Gasteiger partial charge on any atom is 0.255 e. The first-order valence-electron chi connectivity index (χ1n) is 5.95. The van der Waals surface area contributed by atoms with Crippen LogP contribution in [0.4, 0.5) is 5.69 Å². The third kappa shape index (κ3) is 3.16. The lowest BCUT2D eigenvalue weighted by molar-refractivity contribution is 0.0996. The van der Waals surface area contributed by atoms with Crippen LogP contribution in [0.2, 0.25) is 5.02 Å². The first-order chi connectivity index (χ1) is 9.47. The molecule has 0 aliphatic rings. The number of carbonyl (C=O) groups excluding carboxylic acids is 2. The van der Waals surface area contributed by atoms with Crippen molar-refractivity contribution in [2.45, 2.75) is 6.92 Å². The van der Waals surface area contributed by atoms with E-state index in [0.717, 1.165) is 5.56 Å². The third-order valence-corrected chi connectivity index (χ3v) is 3.13. The number of primary amides is 1. The van der Waals surface area contributed by atoms with Gasteiger partial charge >= 0.3 is 0 Å². The van der Waals surface area contributed by atoms with E-state index in [9.17, 15) is 9.59 Å². The van der Waals surface area contributed by atoms with E-state index in [4.69, 9.17) is 17.3 Å². The Morgan fingerprint density at radius 3 is 2.35 bits per heavy atom. The Morgan fingerprint density at radius 2 is 1.75 bits per heavy atom. The smallest absolute Gasteiger partial charge is 0.255 e. The average molecular weight is 289 g/mol.